The van der Waals surface area contributed by atoms with Crippen LogP contribution in [0.2, 0.25) is 15.2 Å². The molecule has 98 valence electrons. The minimum absolute atomic E-state index is 0.0193. The molecule has 0 aliphatic rings. The minimum Gasteiger partial charge on any atom is -0.322 e. The maximum absolute atomic E-state index is 13.2. The number of benzene rings is 1. The zero-order valence-corrected chi connectivity index (χ0v) is 11.5. The van der Waals surface area contributed by atoms with Gasteiger partial charge < -0.3 is 5.32 Å². The Morgan fingerprint density at radius 3 is 2.53 bits per heavy atom. The normalized spacial score (nSPS) is 10.3. The molecule has 3 nitrogen and oxygen atoms in total. The molecule has 7 heteroatoms. The van der Waals surface area contributed by atoms with Gasteiger partial charge in [-0.3, -0.25) is 4.79 Å². The van der Waals surface area contributed by atoms with Crippen molar-refractivity contribution in [2.75, 3.05) is 5.32 Å². The molecule has 0 atom stereocenters. The largest absolute Gasteiger partial charge is 0.322 e. The lowest BCUT2D eigenvalue weighted by Crippen LogP contribution is -2.12. The molecule has 0 unspecified atom stereocenters. The van der Waals surface area contributed by atoms with E-state index in [4.69, 9.17) is 34.8 Å². The molecule has 19 heavy (non-hydrogen) atoms. The number of carbonyl (C=O) groups is 1. The summed E-state index contributed by atoms with van der Waals surface area (Å²) in [6, 6.07) is 5.32. The Bertz CT molecular complexity index is 649. The molecule has 1 amide bonds. The lowest BCUT2D eigenvalue weighted by atomic mass is 10.2. The van der Waals surface area contributed by atoms with Crippen molar-refractivity contribution in [1.82, 2.24) is 4.98 Å². The van der Waals surface area contributed by atoms with Gasteiger partial charge in [0.05, 0.1) is 15.6 Å². The first-order valence-electron chi connectivity index (χ1n) is 5.05. The molecule has 0 bridgehead atoms. The fourth-order valence-electron chi connectivity index (χ4n) is 1.32. The molecular weight excluding hydrogens is 314 g/mol. The first-order chi connectivity index (χ1) is 8.97. The average Bonchev–Trinajstić information content (AvgIpc) is 2.37. The van der Waals surface area contributed by atoms with Gasteiger partial charge in [-0.15, -0.1) is 0 Å². The number of hydrogen-bond donors (Lipinski definition) is 1. The van der Waals surface area contributed by atoms with Crippen LogP contribution in [0.4, 0.5) is 10.1 Å². The predicted octanol–water partition coefficient (Wildman–Crippen LogP) is 4.43. The van der Waals surface area contributed by atoms with Crippen LogP contribution in [0.15, 0.2) is 30.5 Å². The molecular formula is C12H6Cl3FN2O. The van der Waals surface area contributed by atoms with Crippen LogP contribution in [0.1, 0.15) is 10.4 Å². The zero-order chi connectivity index (χ0) is 14.0. The van der Waals surface area contributed by atoms with Crippen molar-refractivity contribution in [3.8, 4) is 0 Å². The summed E-state index contributed by atoms with van der Waals surface area (Å²) >= 11 is 16.9. The molecule has 0 saturated heterocycles. The highest BCUT2D eigenvalue weighted by molar-refractivity contribution is 6.41. The van der Waals surface area contributed by atoms with Crippen LogP contribution in [-0.4, -0.2) is 10.9 Å². The Morgan fingerprint density at radius 1 is 1.16 bits per heavy atom. The second-order valence-electron chi connectivity index (χ2n) is 3.58. The highest BCUT2D eigenvalue weighted by atomic mass is 35.5. The van der Waals surface area contributed by atoms with Crippen LogP contribution < -0.4 is 5.32 Å². The lowest BCUT2D eigenvalue weighted by Gasteiger charge is -2.06. The Labute approximate surface area is 123 Å². The molecule has 1 aromatic carbocycles. The van der Waals surface area contributed by atoms with Crippen LogP contribution in [0.5, 0.6) is 0 Å². The van der Waals surface area contributed by atoms with Crippen molar-refractivity contribution in [1.29, 1.82) is 0 Å². The van der Waals surface area contributed by atoms with Crippen molar-refractivity contribution in [2.24, 2.45) is 0 Å². The van der Waals surface area contributed by atoms with E-state index in [2.05, 4.69) is 10.3 Å². The Morgan fingerprint density at radius 2 is 1.89 bits per heavy atom. The number of halogens is 4. The third-order valence-electron chi connectivity index (χ3n) is 2.24. The van der Waals surface area contributed by atoms with E-state index in [1.807, 2.05) is 0 Å². The number of aromatic nitrogens is 1. The molecule has 0 aliphatic carbocycles. The van der Waals surface area contributed by atoms with Gasteiger partial charge in [0.25, 0.3) is 5.91 Å². The number of carbonyl (C=O) groups excluding carboxylic acids is 1. The Balaban J connectivity index is 2.20. The molecule has 1 aromatic heterocycles. The van der Waals surface area contributed by atoms with Crippen LogP contribution in [0.25, 0.3) is 0 Å². The SMILES string of the molecule is O=C(Nc1ccc(Cl)c(F)c1)c1cnc(Cl)c(Cl)c1. The van der Waals surface area contributed by atoms with E-state index >= 15 is 0 Å². The van der Waals surface area contributed by atoms with Crippen molar-refractivity contribution < 1.29 is 9.18 Å². The maximum Gasteiger partial charge on any atom is 0.257 e. The van der Waals surface area contributed by atoms with Gasteiger partial charge >= 0.3 is 0 Å². The molecule has 0 fully saturated rings. The van der Waals surface area contributed by atoms with Crippen LogP contribution >= 0.6 is 34.8 Å². The van der Waals surface area contributed by atoms with Gasteiger partial charge in [0.2, 0.25) is 0 Å². The monoisotopic (exact) mass is 318 g/mol. The number of rotatable bonds is 2. The smallest absolute Gasteiger partial charge is 0.257 e. The number of amides is 1. The Hall–Kier alpha value is -1.36. The summed E-state index contributed by atoms with van der Waals surface area (Å²) in [6.07, 6.45) is 1.27. The third kappa shape index (κ3) is 3.35. The highest BCUT2D eigenvalue weighted by Gasteiger charge is 2.10. The zero-order valence-electron chi connectivity index (χ0n) is 9.25. The molecule has 2 rings (SSSR count). The van der Waals surface area contributed by atoms with Gasteiger partial charge in [-0.25, -0.2) is 9.37 Å². The first kappa shape index (κ1) is 14.1. The quantitative estimate of drug-likeness (QED) is 0.832. The maximum atomic E-state index is 13.2. The molecule has 1 N–H and O–H groups in total. The topological polar surface area (TPSA) is 42.0 Å². The summed E-state index contributed by atoms with van der Waals surface area (Å²) in [5.74, 6) is -1.10. The summed E-state index contributed by atoms with van der Waals surface area (Å²) in [5, 5.41) is 2.75. The molecule has 0 spiro atoms. The molecule has 0 aliphatic heterocycles. The number of hydrogen-bond acceptors (Lipinski definition) is 2. The summed E-state index contributed by atoms with van der Waals surface area (Å²) < 4.78 is 13.2. The van der Waals surface area contributed by atoms with Crippen LogP contribution in [0.3, 0.4) is 0 Å². The molecule has 2 aromatic rings. The van der Waals surface area contributed by atoms with Crippen LogP contribution in [0, 0.1) is 5.82 Å². The summed E-state index contributed by atoms with van der Waals surface area (Å²) in [7, 11) is 0. The van der Waals surface area contributed by atoms with Gasteiger partial charge in [0.15, 0.2) is 0 Å². The van der Waals surface area contributed by atoms with Gasteiger partial charge in [-0.1, -0.05) is 34.8 Å². The first-order valence-corrected chi connectivity index (χ1v) is 6.18. The average molecular weight is 320 g/mol. The van der Waals surface area contributed by atoms with E-state index in [-0.39, 0.29) is 26.4 Å². The second kappa shape index (κ2) is 5.74. The van der Waals surface area contributed by atoms with E-state index in [1.54, 1.807) is 0 Å². The molecule has 1 heterocycles. The third-order valence-corrected chi connectivity index (χ3v) is 3.23. The lowest BCUT2D eigenvalue weighted by molar-refractivity contribution is 0.102. The number of nitrogens with one attached hydrogen (secondary N) is 1. The second-order valence-corrected chi connectivity index (χ2v) is 4.75. The fourth-order valence-corrected chi connectivity index (χ4v) is 1.71. The molecule has 0 saturated carbocycles. The van der Waals surface area contributed by atoms with Crippen molar-refractivity contribution >= 4 is 46.4 Å². The van der Waals surface area contributed by atoms with E-state index in [0.717, 1.165) is 6.07 Å². The number of pyridine rings is 1. The van der Waals surface area contributed by atoms with E-state index in [1.165, 1.54) is 24.4 Å². The summed E-state index contributed by atoms with van der Waals surface area (Å²) in [4.78, 5) is 15.6. The van der Waals surface area contributed by atoms with Crippen molar-refractivity contribution in [3.05, 3.63) is 57.0 Å². The van der Waals surface area contributed by atoms with Gasteiger partial charge in [0, 0.05) is 11.9 Å². The molecule has 0 radical (unpaired) electrons. The standard InChI is InChI=1S/C12H6Cl3FN2O/c13-8-2-1-7(4-10(8)16)18-12(19)6-3-9(14)11(15)17-5-6/h1-5H,(H,18,19). The van der Waals surface area contributed by atoms with Crippen molar-refractivity contribution in [2.45, 2.75) is 0 Å². The highest BCUT2D eigenvalue weighted by Crippen LogP contribution is 2.22. The van der Waals surface area contributed by atoms with Crippen molar-refractivity contribution in [3.63, 3.8) is 0 Å². The van der Waals surface area contributed by atoms with E-state index in [9.17, 15) is 9.18 Å². The van der Waals surface area contributed by atoms with E-state index < -0.39 is 11.7 Å². The number of anilines is 1. The van der Waals surface area contributed by atoms with Crippen LogP contribution in [-0.2, 0) is 0 Å². The predicted molar refractivity (Wildman–Crippen MR) is 73.6 cm³/mol. The number of nitrogens with zero attached hydrogens (tertiary/aromatic N) is 1. The minimum atomic E-state index is -0.619. The summed E-state index contributed by atoms with van der Waals surface area (Å²) in [6.45, 7) is 0. The Kier molecular flexibility index (Phi) is 4.24. The van der Waals surface area contributed by atoms with Gasteiger partial charge in [-0.05, 0) is 24.3 Å². The van der Waals surface area contributed by atoms with E-state index in [0.29, 0.717) is 0 Å². The van der Waals surface area contributed by atoms with Gasteiger partial charge in [0.1, 0.15) is 11.0 Å². The fraction of sp³-hybridized carbons (Fsp3) is 0. The summed E-state index contributed by atoms with van der Waals surface area (Å²) in [5.41, 5.74) is 0.489. The van der Waals surface area contributed by atoms with Gasteiger partial charge in [-0.2, -0.15) is 0 Å².